The number of hydrogen-bond acceptors (Lipinski definition) is 3. The molecule has 2 aromatic rings. The first kappa shape index (κ1) is 14.8. The van der Waals surface area contributed by atoms with Gasteiger partial charge in [-0.05, 0) is 37.0 Å². The summed E-state index contributed by atoms with van der Waals surface area (Å²) in [6.45, 7) is 4.12. The number of nitrogens with zero attached hydrogens (tertiary/aromatic N) is 1. The van der Waals surface area contributed by atoms with Gasteiger partial charge in [0.1, 0.15) is 11.5 Å². The molecule has 1 aromatic carbocycles. The van der Waals surface area contributed by atoms with E-state index in [0.29, 0.717) is 10.8 Å². The standard InChI is InChI=1S/C16H19ClN2O/c1-3-14(18)7-12-4-5-16(11(2)6-12)20-15-8-13(17)9-19-10-15/h4-6,8-10,14H,3,7,18H2,1-2H3. The Morgan fingerprint density at radius 3 is 2.75 bits per heavy atom. The lowest BCUT2D eigenvalue weighted by Gasteiger charge is -2.12. The van der Waals surface area contributed by atoms with Crippen LogP contribution in [0.4, 0.5) is 0 Å². The third kappa shape index (κ3) is 3.95. The van der Waals surface area contributed by atoms with Crippen LogP contribution in [0.5, 0.6) is 11.5 Å². The molecule has 1 heterocycles. The third-order valence-corrected chi connectivity index (χ3v) is 3.38. The first-order valence-electron chi connectivity index (χ1n) is 6.72. The van der Waals surface area contributed by atoms with Gasteiger partial charge in [-0.1, -0.05) is 30.7 Å². The summed E-state index contributed by atoms with van der Waals surface area (Å²) in [5.74, 6) is 1.45. The highest BCUT2D eigenvalue weighted by Gasteiger charge is 2.06. The Hall–Kier alpha value is -1.58. The Kier molecular flexibility index (Phi) is 4.99. The highest BCUT2D eigenvalue weighted by Crippen LogP contribution is 2.27. The molecular weight excluding hydrogens is 272 g/mol. The maximum atomic E-state index is 5.98. The number of halogens is 1. The van der Waals surface area contributed by atoms with E-state index in [2.05, 4.69) is 24.0 Å². The summed E-state index contributed by atoms with van der Waals surface area (Å²) in [6.07, 6.45) is 5.09. The van der Waals surface area contributed by atoms with Gasteiger partial charge in [-0.3, -0.25) is 4.98 Å². The van der Waals surface area contributed by atoms with Crippen molar-refractivity contribution < 1.29 is 4.74 Å². The summed E-state index contributed by atoms with van der Waals surface area (Å²) in [5.41, 5.74) is 8.28. The van der Waals surface area contributed by atoms with E-state index >= 15 is 0 Å². The molecule has 0 saturated carbocycles. The summed E-state index contributed by atoms with van der Waals surface area (Å²) >= 11 is 5.89. The number of hydrogen-bond donors (Lipinski definition) is 1. The number of ether oxygens (including phenoxy) is 1. The summed E-state index contributed by atoms with van der Waals surface area (Å²) in [5, 5.41) is 0.561. The Bertz CT molecular complexity index is 586. The van der Waals surface area contributed by atoms with E-state index in [1.807, 2.05) is 13.0 Å². The molecule has 1 unspecified atom stereocenters. The zero-order chi connectivity index (χ0) is 14.5. The Morgan fingerprint density at radius 1 is 1.30 bits per heavy atom. The van der Waals surface area contributed by atoms with Gasteiger partial charge in [-0.25, -0.2) is 0 Å². The second-order valence-corrected chi connectivity index (χ2v) is 5.35. The number of aryl methyl sites for hydroxylation is 1. The molecule has 20 heavy (non-hydrogen) atoms. The van der Waals surface area contributed by atoms with E-state index in [1.54, 1.807) is 18.5 Å². The van der Waals surface area contributed by atoms with E-state index in [9.17, 15) is 0 Å². The molecule has 0 aliphatic carbocycles. The third-order valence-electron chi connectivity index (χ3n) is 3.17. The molecule has 0 fully saturated rings. The molecule has 4 heteroatoms. The van der Waals surface area contributed by atoms with Crippen LogP contribution >= 0.6 is 11.6 Å². The maximum Gasteiger partial charge on any atom is 0.147 e. The van der Waals surface area contributed by atoms with Gasteiger partial charge in [0.2, 0.25) is 0 Å². The van der Waals surface area contributed by atoms with Gasteiger partial charge < -0.3 is 10.5 Å². The fourth-order valence-electron chi connectivity index (χ4n) is 1.98. The topological polar surface area (TPSA) is 48.1 Å². The smallest absolute Gasteiger partial charge is 0.147 e. The van der Waals surface area contributed by atoms with Crippen LogP contribution in [-0.2, 0) is 6.42 Å². The molecular formula is C16H19ClN2O. The van der Waals surface area contributed by atoms with Crippen molar-refractivity contribution in [1.29, 1.82) is 0 Å². The number of pyridine rings is 1. The lowest BCUT2D eigenvalue weighted by atomic mass is 10.0. The second-order valence-electron chi connectivity index (χ2n) is 4.91. The maximum absolute atomic E-state index is 5.98. The van der Waals surface area contributed by atoms with Crippen LogP contribution in [0.1, 0.15) is 24.5 Å². The summed E-state index contributed by atoms with van der Waals surface area (Å²) in [6, 6.07) is 8.08. The zero-order valence-corrected chi connectivity index (χ0v) is 12.5. The Balaban J connectivity index is 2.13. The second kappa shape index (κ2) is 6.73. The van der Waals surface area contributed by atoms with E-state index in [-0.39, 0.29) is 6.04 Å². The number of aromatic nitrogens is 1. The monoisotopic (exact) mass is 290 g/mol. The lowest BCUT2D eigenvalue weighted by Crippen LogP contribution is -2.21. The molecule has 0 aliphatic heterocycles. The molecule has 2 N–H and O–H groups in total. The van der Waals surface area contributed by atoms with Crippen molar-refractivity contribution in [2.24, 2.45) is 5.73 Å². The first-order chi connectivity index (χ1) is 9.58. The van der Waals surface area contributed by atoms with Crippen LogP contribution in [0, 0.1) is 6.92 Å². The van der Waals surface area contributed by atoms with Crippen LogP contribution in [0.25, 0.3) is 0 Å². The van der Waals surface area contributed by atoms with Crippen molar-refractivity contribution in [2.75, 3.05) is 0 Å². The molecule has 0 saturated heterocycles. The van der Waals surface area contributed by atoms with Crippen molar-refractivity contribution in [3.8, 4) is 11.5 Å². The van der Waals surface area contributed by atoms with Gasteiger partial charge >= 0.3 is 0 Å². The van der Waals surface area contributed by atoms with Gasteiger partial charge in [-0.15, -0.1) is 0 Å². The highest BCUT2D eigenvalue weighted by atomic mass is 35.5. The average molecular weight is 291 g/mol. The van der Waals surface area contributed by atoms with E-state index in [0.717, 1.165) is 24.2 Å². The fraction of sp³-hybridized carbons (Fsp3) is 0.312. The predicted molar refractivity (Wildman–Crippen MR) is 82.5 cm³/mol. The van der Waals surface area contributed by atoms with Crippen molar-refractivity contribution in [3.63, 3.8) is 0 Å². The summed E-state index contributed by atoms with van der Waals surface area (Å²) in [4.78, 5) is 4.00. The molecule has 0 bridgehead atoms. The van der Waals surface area contributed by atoms with E-state index in [4.69, 9.17) is 22.1 Å². The number of benzene rings is 1. The average Bonchev–Trinajstić information content (AvgIpc) is 2.42. The molecule has 0 aliphatic rings. The van der Waals surface area contributed by atoms with Crippen molar-refractivity contribution >= 4 is 11.6 Å². The van der Waals surface area contributed by atoms with Gasteiger partial charge in [0, 0.05) is 18.3 Å². The normalized spacial score (nSPS) is 12.2. The minimum absolute atomic E-state index is 0.207. The first-order valence-corrected chi connectivity index (χ1v) is 7.09. The fourth-order valence-corrected chi connectivity index (χ4v) is 2.14. The molecule has 0 amide bonds. The zero-order valence-electron chi connectivity index (χ0n) is 11.8. The molecule has 0 radical (unpaired) electrons. The number of rotatable bonds is 5. The highest BCUT2D eigenvalue weighted by molar-refractivity contribution is 6.30. The van der Waals surface area contributed by atoms with Crippen LogP contribution in [-0.4, -0.2) is 11.0 Å². The van der Waals surface area contributed by atoms with Crippen LogP contribution in [0.2, 0.25) is 5.02 Å². The summed E-state index contributed by atoms with van der Waals surface area (Å²) < 4.78 is 5.80. The van der Waals surface area contributed by atoms with Crippen molar-refractivity contribution in [3.05, 3.63) is 52.8 Å². The minimum Gasteiger partial charge on any atom is -0.455 e. The van der Waals surface area contributed by atoms with E-state index < -0.39 is 0 Å². The summed E-state index contributed by atoms with van der Waals surface area (Å²) in [7, 11) is 0. The largest absolute Gasteiger partial charge is 0.455 e. The molecule has 1 aromatic heterocycles. The molecule has 3 nitrogen and oxygen atoms in total. The Morgan fingerprint density at radius 2 is 2.10 bits per heavy atom. The van der Waals surface area contributed by atoms with Crippen molar-refractivity contribution in [2.45, 2.75) is 32.7 Å². The van der Waals surface area contributed by atoms with Crippen LogP contribution in [0.3, 0.4) is 0 Å². The van der Waals surface area contributed by atoms with Gasteiger partial charge in [0.15, 0.2) is 0 Å². The van der Waals surface area contributed by atoms with Crippen LogP contribution < -0.4 is 10.5 Å². The SMILES string of the molecule is CCC(N)Cc1ccc(Oc2cncc(Cl)c2)c(C)c1. The minimum atomic E-state index is 0.207. The number of nitrogens with two attached hydrogens (primary N) is 1. The van der Waals surface area contributed by atoms with Gasteiger partial charge in [-0.2, -0.15) is 0 Å². The van der Waals surface area contributed by atoms with Gasteiger partial charge in [0.25, 0.3) is 0 Å². The van der Waals surface area contributed by atoms with Gasteiger partial charge in [0.05, 0.1) is 11.2 Å². The molecule has 0 spiro atoms. The quantitative estimate of drug-likeness (QED) is 0.901. The molecule has 106 valence electrons. The van der Waals surface area contributed by atoms with E-state index in [1.165, 1.54) is 5.56 Å². The Labute approximate surface area is 124 Å². The van der Waals surface area contributed by atoms with Crippen molar-refractivity contribution in [1.82, 2.24) is 4.98 Å². The van der Waals surface area contributed by atoms with Crippen LogP contribution in [0.15, 0.2) is 36.7 Å². The molecule has 1 atom stereocenters. The molecule has 2 rings (SSSR count). The predicted octanol–water partition coefficient (Wildman–Crippen LogP) is 4.12. The lowest BCUT2D eigenvalue weighted by molar-refractivity contribution is 0.476.